The van der Waals surface area contributed by atoms with E-state index in [-0.39, 0.29) is 5.91 Å². The third-order valence-electron chi connectivity index (χ3n) is 3.57. The van der Waals surface area contributed by atoms with Gasteiger partial charge in [0.05, 0.1) is 5.71 Å². The van der Waals surface area contributed by atoms with E-state index in [0.717, 1.165) is 21.9 Å². The van der Waals surface area contributed by atoms with Crippen LogP contribution in [0.15, 0.2) is 77.2 Å². The highest BCUT2D eigenvalue weighted by atomic mass is 32.1. The van der Waals surface area contributed by atoms with Gasteiger partial charge in [-0.25, -0.2) is 5.43 Å². The average Bonchev–Trinajstić information content (AvgIpc) is 3.20. The lowest BCUT2D eigenvalue weighted by Gasteiger charge is -2.07. The summed E-state index contributed by atoms with van der Waals surface area (Å²) in [4.78, 5) is 13.2. The highest BCUT2D eigenvalue weighted by molar-refractivity contribution is 7.12. The lowest BCUT2D eigenvalue weighted by atomic mass is 10.2. The number of hydrazone groups is 1. The molecule has 0 aliphatic rings. The molecule has 3 rings (SSSR count). The van der Waals surface area contributed by atoms with Gasteiger partial charge in [0.25, 0.3) is 5.91 Å². The third-order valence-corrected chi connectivity index (χ3v) is 4.55. The SMILES string of the molecule is CC(=NNC(=O)c1ccc(OCc2ccccc2)cc1)c1cccs1. The number of carbonyl (C=O) groups excluding carboxylic acids is 1. The van der Waals surface area contributed by atoms with Crippen LogP contribution >= 0.6 is 11.3 Å². The molecule has 2 aromatic carbocycles. The molecule has 0 unspecified atom stereocenters. The number of carbonyl (C=O) groups is 1. The molecule has 1 amide bonds. The minimum atomic E-state index is -0.245. The van der Waals surface area contributed by atoms with Crippen LogP contribution in [0, 0.1) is 0 Å². The van der Waals surface area contributed by atoms with E-state index in [1.807, 2.05) is 54.8 Å². The number of rotatable bonds is 6. The fourth-order valence-electron chi connectivity index (χ4n) is 2.18. The number of hydrogen-bond donors (Lipinski definition) is 1. The minimum Gasteiger partial charge on any atom is -0.489 e. The van der Waals surface area contributed by atoms with Crippen molar-refractivity contribution in [3.05, 3.63) is 88.1 Å². The van der Waals surface area contributed by atoms with E-state index in [1.54, 1.807) is 35.6 Å². The number of thiophene rings is 1. The van der Waals surface area contributed by atoms with Gasteiger partial charge >= 0.3 is 0 Å². The van der Waals surface area contributed by atoms with Gasteiger partial charge in [-0.1, -0.05) is 36.4 Å². The summed E-state index contributed by atoms with van der Waals surface area (Å²) in [7, 11) is 0. The third kappa shape index (κ3) is 4.78. The Morgan fingerprint density at radius 3 is 2.48 bits per heavy atom. The van der Waals surface area contributed by atoms with Crippen LogP contribution in [0.25, 0.3) is 0 Å². The Balaban J connectivity index is 1.56. The van der Waals surface area contributed by atoms with Crippen molar-refractivity contribution in [1.29, 1.82) is 0 Å². The highest BCUT2D eigenvalue weighted by Gasteiger charge is 2.06. The second-order valence-electron chi connectivity index (χ2n) is 5.41. The summed E-state index contributed by atoms with van der Waals surface area (Å²) in [6.07, 6.45) is 0. The number of ether oxygens (including phenoxy) is 1. The van der Waals surface area contributed by atoms with Gasteiger partial charge in [-0.05, 0) is 48.2 Å². The van der Waals surface area contributed by atoms with Gasteiger partial charge in [-0.2, -0.15) is 5.10 Å². The molecule has 4 nitrogen and oxygen atoms in total. The number of amides is 1. The van der Waals surface area contributed by atoms with E-state index in [9.17, 15) is 4.79 Å². The molecule has 0 radical (unpaired) electrons. The molecule has 0 aliphatic carbocycles. The van der Waals surface area contributed by atoms with Crippen molar-refractivity contribution >= 4 is 23.0 Å². The molecule has 1 N–H and O–H groups in total. The summed E-state index contributed by atoms with van der Waals surface area (Å²) in [6.45, 7) is 2.36. The molecule has 0 aliphatic heterocycles. The number of nitrogens with zero attached hydrogens (tertiary/aromatic N) is 1. The first-order chi connectivity index (χ1) is 12.2. The van der Waals surface area contributed by atoms with Crippen LogP contribution in [0.2, 0.25) is 0 Å². The average molecular weight is 350 g/mol. The maximum atomic E-state index is 12.2. The molecule has 1 aromatic heterocycles. The summed E-state index contributed by atoms with van der Waals surface area (Å²) < 4.78 is 5.72. The lowest BCUT2D eigenvalue weighted by Crippen LogP contribution is -2.19. The van der Waals surface area contributed by atoms with E-state index in [0.29, 0.717) is 12.2 Å². The van der Waals surface area contributed by atoms with Crippen molar-refractivity contribution in [2.45, 2.75) is 13.5 Å². The fourth-order valence-corrected chi connectivity index (χ4v) is 2.86. The quantitative estimate of drug-likeness (QED) is 0.526. The van der Waals surface area contributed by atoms with Crippen molar-refractivity contribution in [1.82, 2.24) is 5.43 Å². The Morgan fingerprint density at radius 2 is 1.80 bits per heavy atom. The molecule has 0 bridgehead atoms. The Labute approximate surface area is 150 Å². The van der Waals surface area contributed by atoms with Gasteiger partial charge in [0, 0.05) is 10.4 Å². The Morgan fingerprint density at radius 1 is 1.04 bits per heavy atom. The van der Waals surface area contributed by atoms with Crippen molar-refractivity contribution in [2.75, 3.05) is 0 Å². The van der Waals surface area contributed by atoms with Gasteiger partial charge in [0.1, 0.15) is 12.4 Å². The predicted molar refractivity (Wildman–Crippen MR) is 101 cm³/mol. The van der Waals surface area contributed by atoms with Gasteiger partial charge < -0.3 is 4.74 Å². The second kappa shape index (κ2) is 8.26. The van der Waals surface area contributed by atoms with Crippen molar-refractivity contribution in [2.24, 2.45) is 5.10 Å². The topological polar surface area (TPSA) is 50.7 Å². The molecular formula is C20H18N2O2S. The van der Waals surface area contributed by atoms with Crippen LogP contribution in [-0.2, 0) is 6.61 Å². The Bertz CT molecular complexity index is 841. The summed E-state index contributed by atoms with van der Waals surface area (Å²) in [5, 5.41) is 6.11. The number of nitrogens with one attached hydrogen (secondary N) is 1. The smallest absolute Gasteiger partial charge is 0.271 e. The normalized spacial score (nSPS) is 11.2. The first-order valence-corrected chi connectivity index (χ1v) is 8.75. The van der Waals surface area contributed by atoms with Crippen LogP contribution < -0.4 is 10.2 Å². The minimum absolute atomic E-state index is 0.245. The molecule has 0 atom stereocenters. The molecule has 25 heavy (non-hydrogen) atoms. The summed E-state index contributed by atoms with van der Waals surface area (Å²) in [5.74, 6) is 0.476. The van der Waals surface area contributed by atoms with Crippen molar-refractivity contribution in [3.8, 4) is 5.75 Å². The first-order valence-electron chi connectivity index (χ1n) is 7.87. The van der Waals surface area contributed by atoms with Crippen LogP contribution in [0.1, 0.15) is 27.7 Å². The zero-order chi connectivity index (χ0) is 17.5. The fraction of sp³-hybridized carbons (Fsp3) is 0.100. The monoisotopic (exact) mass is 350 g/mol. The van der Waals surface area contributed by atoms with E-state index < -0.39 is 0 Å². The number of hydrogen-bond acceptors (Lipinski definition) is 4. The molecule has 0 saturated carbocycles. The van der Waals surface area contributed by atoms with Crippen LogP contribution in [0.3, 0.4) is 0 Å². The van der Waals surface area contributed by atoms with E-state index in [2.05, 4.69) is 10.5 Å². The first kappa shape index (κ1) is 16.9. The van der Waals surface area contributed by atoms with Gasteiger partial charge in [0.2, 0.25) is 0 Å². The highest BCUT2D eigenvalue weighted by Crippen LogP contribution is 2.14. The maximum absolute atomic E-state index is 12.2. The van der Waals surface area contributed by atoms with Crippen LogP contribution in [0.4, 0.5) is 0 Å². The molecule has 0 saturated heterocycles. The molecular weight excluding hydrogens is 332 g/mol. The van der Waals surface area contributed by atoms with Crippen molar-refractivity contribution < 1.29 is 9.53 Å². The Kier molecular flexibility index (Phi) is 5.59. The van der Waals surface area contributed by atoms with Crippen LogP contribution in [0.5, 0.6) is 5.75 Å². The standard InChI is InChI=1S/C20H18N2O2S/c1-15(19-8-5-13-25-19)21-22-20(23)17-9-11-18(12-10-17)24-14-16-6-3-2-4-7-16/h2-13H,14H2,1H3,(H,22,23). The zero-order valence-electron chi connectivity index (χ0n) is 13.8. The molecule has 3 aromatic rings. The summed E-state index contributed by atoms with van der Waals surface area (Å²) in [6, 6.07) is 20.9. The van der Waals surface area contributed by atoms with Gasteiger partial charge in [-0.15, -0.1) is 11.3 Å². The zero-order valence-corrected chi connectivity index (χ0v) is 14.6. The Hall–Kier alpha value is -2.92. The van der Waals surface area contributed by atoms with Gasteiger partial charge in [-0.3, -0.25) is 4.79 Å². The van der Waals surface area contributed by atoms with E-state index >= 15 is 0 Å². The molecule has 0 spiro atoms. The lowest BCUT2D eigenvalue weighted by molar-refractivity contribution is 0.0955. The van der Waals surface area contributed by atoms with Crippen LogP contribution in [-0.4, -0.2) is 11.6 Å². The molecule has 5 heteroatoms. The van der Waals surface area contributed by atoms with E-state index in [1.165, 1.54) is 0 Å². The van der Waals surface area contributed by atoms with Gasteiger partial charge in [0.15, 0.2) is 0 Å². The largest absolute Gasteiger partial charge is 0.489 e. The predicted octanol–water partition coefficient (Wildman–Crippen LogP) is 4.48. The summed E-state index contributed by atoms with van der Waals surface area (Å²) in [5.41, 5.74) is 5.00. The number of benzene rings is 2. The molecule has 126 valence electrons. The molecule has 0 fully saturated rings. The van der Waals surface area contributed by atoms with E-state index in [4.69, 9.17) is 4.74 Å². The maximum Gasteiger partial charge on any atom is 0.271 e. The second-order valence-corrected chi connectivity index (χ2v) is 6.36. The molecule has 1 heterocycles. The van der Waals surface area contributed by atoms with Crippen molar-refractivity contribution in [3.63, 3.8) is 0 Å². The summed E-state index contributed by atoms with van der Waals surface area (Å²) >= 11 is 1.59.